The third kappa shape index (κ3) is 4.35. The van der Waals surface area contributed by atoms with Crippen LogP contribution in [0.3, 0.4) is 0 Å². The van der Waals surface area contributed by atoms with Crippen molar-refractivity contribution in [3.63, 3.8) is 0 Å². The van der Waals surface area contributed by atoms with Crippen molar-refractivity contribution >= 4 is 5.97 Å². The average Bonchev–Trinajstić information content (AvgIpc) is 2.36. The van der Waals surface area contributed by atoms with Crippen molar-refractivity contribution in [2.75, 3.05) is 14.2 Å². The van der Waals surface area contributed by atoms with E-state index in [9.17, 15) is 4.79 Å². The molecule has 0 N–H and O–H groups in total. The second kappa shape index (κ2) is 6.20. The number of carbonyl (C=O) groups excluding carboxylic acids is 1. The predicted octanol–water partition coefficient (Wildman–Crippen LogP) is 3.34. The summed E-state index contributed by atoms with van der Waals surface area (Å²) < 4.78 is 4.69. The molecule has 0 saturated heterocycles. The van der Waals surface area contributed by atoms with Gasteiger partial charge >= 0.3 is 5.97 Å². The summed E-state index contributed by atoms with van der Waals surface area (Å²) in [4.78, 5) is 13.7. The van der Waals surface area contributed by atoms with Gasteiger partial charge in [-0.2, -0.15) is 0 Å². The van der Waals surface area contributed by atoms with E-state index in [0.717, 1.165) is 6.54 Å². The van der Waals surface area contributed by atoms with Crippen LogP contribution in [0.1, 0.15) is 43.6 Å². The molecule has 0 radical (unpaired) electrons. The number of hydrogen-bond donors (Lipinski definition) is 0. The lowest BCUT2D eigenvalue weighted by Crippen LogP contribution is -2.38. The van der Waals surface area contributed by atoms with Gasteiger partial charge in [0.2, 0.25) is 0 Å². The van der Waals surface area contributed by atoms with Gasteiger partial charge in [-0.1, -0.05) is 32.9 Å². The molecule has 1 rings (SSSR count). The van der Waals surface area contributed by atoms with Gasteiger partial charge in [0.05, 0.1) is 12.7 Å². The van der Waals surface area contributed by atoms with Gasteiger partial charge in [0.25, 0.3) is 0 Å². The van der Waals surface area contributed by atoms with Gasteiger partial charge in [-0.05, 0) is 37.1 Å². The van der Waals surface area contributed by atoms with Crippen LogP contribution in [0.15, 0.2) is 24.3 Å². The summed E-state index contributed by atoms with van der Waals surface area (Å²) in [6.45, 7) is 9.85. The summed E-state index contributed by atoms with van der Waals surface area (Å²) in [7, 11) is 3.53. The standard InChI is InChI=1S/C16H25NO2/c1-12(16(2,3)4)17(5)11-13-7-9-14(10-8-13)15(18)19-6/h7-10,12H,11H2,1-6H3. The van der Waals surface area contributed by atoms with E-state index in [-0.39, 0.29) is 11.4 Å². The highest BCUT2D eigenvalue weighted by atomic mass is 16.5. The van der Waals surface area contributed by atoms with Crippen LogP contribution in [-0.4, -0.2) is 31.1 Å². The van der Waals surface area contributed by atoms with Gasteiger partial charge in [-0.25, -0.2) is 4.79 Å². The maximum absolute atomic E-state index is 11.4. The molecular weight excluding hydrogens is 238 g/mol. The second-order valence-corrected chi connectivity index (χ2v) is 6.15. The van der Waals surface area contributed by atoms with Crippen LogP contribution < -0.4 is 0 Å². The lowest BCUT2D eigenvalue weighted by molar-refractivity contribution is 0.0600. The van der Waals surface area contributed by atoms with Crippen molar-refractivity contribution < 1.29 is 9.53 Å². The summed E-state index contributed by atoms with van der Waals surface area (Å²) in [6, 6.07) is 8.08. The van der Waals surface area contributed by atoms with Gasteiger partial charge in [0.1, 0.15) is 0 Å². The largest absolute Gasteiger partial charge is 0.465 e. The molecule has 1 atom stereocenters. The number of benzene rings is 1. The SMILES string of the molecule is COC(=O)c1ccc(CN(C)C(C)C(C)(C)C)cc1. The van der Waals surface area contributed by atoms with Crippen LogP contribution in [0, 0.1) is 5.41 Å². The second-order valence-electron chi connectivity index (χ2n) is 6.15. The molecule has 0 bridgehead atoms. The zero-order valence-corrected chi connectivity index (χ0v) is 12.9. The summed E-state index contributed by atoms with van der Waals surface area (Å²) in [5, 5.41) is 0. The van der Waals surface area contributed by atoms with Gasteiger partial charge in [-0.15, -0.1) is 0 Å². The Bertz CT molecular complexity index is 417. The number of hydrogen-bond acceptors (Lipinski definition) is 3. The lowest BCUT2D eigenvalue weighted by atomic mass is 9.87. The van der Waals surface area contributed by atoms with Crippen molar-refractivity contribution in [2.45, 2.75) is 40.3 Å². The Morgan fingerprint density at radius 2 is 1.79 bits per heavy atom. The van der Waals surface area contributed by atoms with E-state index in [1.165, 1.54) is 12.7 Å². The highest BCUT2D eigenvalue weighted by molar-refractivity contribution is 5.89. The van der Waals surface area contributed by atoms with Crippen molar-refractivity contribution in [3.8, 4) is 0 Å². The lowest BCUT2D eigenvalue weighted by Gasteiger charge is -2.35. The molecule has 0 aliphatic heterocycles. The van der Waals surface area contributed by atoms with Gasteiger partial charge in [0.15, 0.2) is 0 Å². The molecule has 0 spiro atoms. The van der Waals surface area contributed by atoms with Gasteiger partial charge in [0, 0.05) is 12.6 Å². The Morgan fingerprint density at radius 1 is 1.26 bits per heavy atom. The first-order chi connectivity index (χ1) is 8.75. The van der Waals surface area contributed by atoms with Crippen molar-refractivity contribution in [2.24, 2.45) is 5.41 Å². The molecule has 0 saturated carbocycles. The Kier molecular flexibility index (Phi) is 5.12. The molecule has 3 heteroatoms. The molecule has 0 heterocycles. The molecule has 3 nitrogen and oxygen atoms in total. The zero-order chi connectivity index (χ0) is 14.6. The third-order valence-corrected chi connectivity index (χ3v) is 3.72. The maximum Gasteiger partial charge on any atom is 0.337 e. The molecular formula is C16H25NO2. The number of nitrogens with zero attached hydrogens (tertiary/aromatic N) is 1. The van der Waals surface area contributed by atoms with E-state index in [4.69, 9.17) is 4.74 Å². The first-order valence-corrected chi connectivity index (χ1v) is 6.63. The molecule has 1 unspecified atom stereocenters. The molecule has 1 aromatic carbocycles. The molecule has 0 aliphatic carbocycles. The molecule has 1 aromatic rings. The summed E-state index contributed by atoms with van der Waals surface area (Å²) in [5.41, 5.74) is 2.05. The van der Waals surface area contributed by atoms with E-state index in [1.54, 1.807) is 0 Å². The zero-order valence-electron chi connectivity index (χ0n) is 12.9. The molecule has 0 aromatic heterocycles. The van der Waals surface area contributed by atoms with Crippen molar-refractivity contribution in [1.29, 1.82) is 0 Å². The van der Waals surface area contributed by atoms with Crippen LogP contribution >= 0.6 is 0 Å². The van der Waals surface area contributed by atoms with Crippen molar-refractivity contribution in [3.05, 3.63) is 35.4 Å². The topological polar surface area (TPSA) is 29.5 Å². The minimum Gasteiger partial charge on any atom is -0.465 e. The van der Waals surface area contributed by atoms with Crippen LogP contribution in [-0.2, 0) is 11.3 Å². The van der Waals surface area contributed by atoms with Crippen LogP contribution in [0.5, 0.6) is 0 Å². The number of ether oxygens (including phenoxy) is 1. The number of rotatable bonds is 4. The highest BCUT2D eigenvalue weighted by Gasteiger charge is 2.23. The van der Waals surface area contributed by atoms with E-state index in [2.05, 4.69) is 39.6 Å². The van der Waals surface area contributed by atoms with Crippen LogP contribution in [0.25, 0.3) is 0 Å². The Hall–Kier alpha value is -1.35. The molecule has 0 amide bonds. The third-order valence-electron chi connectivity index (χ3n) is 3.72. The Labute approximate surface area is 116 Å². The average molecular weight is 263 g/mol. The minimum atomic E-state index is -0.289. The monoisotopic (exact) mass is 263 g/mol. The molecule has 106 valence electrons. The smallest absolute Gasteiger partial charge is 0.337 e. The first-order valence-electron chi connectivity index (χ1n) is 6.63. The van der Waals surface area contributed by atoms with E-state index >= 15 is 0 Å². The van der Waals surface area contributed by atoms with Gasteiger partial charge < -0.3 is 4.74 Å². The van der Waals surface area contributed by atoms with Crippen molar-refractivity contribution in [1.82, 2.24) is 4.90 Å². The maximum atomic E-state index is 11.4. The Balaban J connectivity index is 2.70. The predicted molar refractivity (Wildman–Crippen MR) is 78.2 cm³/mol. The fraction of sp³-hybridized carbons (Fsp3) is 0.562. The quantitative estimate of drug-likeness (QED) is 0.780. The van der Waals surface area contributed by atoms with E-state index < -0.39 is 0 Å². The van der Waals surface area contributed by atoms with E-state index in [0.29, 0.717) is 11.6 Å². The first kappa shape index (κ1) is 15.7. The fourth-order valence-electron chi connectivity index (χ4n) is 1.95. The van der Waals surface area contributed by atoms with Crippen LogP contribution in [0.4, 0.5) is 0 Å². The normalized spacial score (nSPS) is 13.4. The van der Waals surface area contributed by atoms with E-state index in [1.807, 2.05) is 24.3 Å². The van der Waals surface area contributed by atoms with Crippen LogP contribution in [0.2, 0.25) is 0 Å². The van der Waals surface area contributed by atoms with Gasteiger partial charge in [-0.3, -0.25) is 4.90 Å². The molecule has 19 heavy (non-hydrogen) atoms. The number of methoxy groups -OCH3 is 1. The number of esters is 1. The fourth-order valence-corrected chi connectivity index (χ4v) is 1.95. The minimum absolute atomic E-state index is 0.251. The summed E-state index contributed by atoms with van der Waals surface area (Å²) >= 11 is 0. The molecule has 0 aliphatic rings. The highest BCUT2D eigenvalue weighted by Crippen LogP contribution is 2.24. The summed E-state index contributed by atoms with van der Waals surface area (Å²) in [6.07, 6.45) is 0. The Morgan fingerprint density at radius 3 is 2.21 bits per heavy atom. The number of carbonyl (C=O) groups is 1. The summed E-state index contributed by atoms with van der Waals surface area (Å²) in [5.74, 6) is -0.289. The molecule has 0 fully saturated rings.